The zero-order valence-corrected chi connectivity index (χ0v) is 17.4. The number of hydrogen-bond acceptors (Lipinski definition) is 6. The maximum atomic E-state index is 13.2. The summed E-state index contributed by atoms with van der Waals surface area (Å²) in [5.74, 6) is 0.597. The van der Waals surface area contributed by atoms with Crippen LogP contribution in [-0.4, -0.2) is 53.6 Å². The summed E-state index contributed by atoms with van der Waals surface area (Å²) in [7, 11) is 0. The number of aryl methyl sites for hydroxylation is 1. The number of nitrogens with zero attached hydrogens (tertiary/aromatic N) is 4. The van der Waals surface area contributed by atoms with Gasteiger partial charge in [0, 0.05) is 36.9 Å². The summed E-state index contributed by atoms with van der Waals surface area (Å²) >= 11 is 7.51. The second-order valence-electron chi connectivity index (χ2n) is 6.61. The predicted molar refractivity (Wildman–Crippen MR) is 113 cm³/mol. The fraction of sp³-hybridized carbons (Fsp3) is 0.350. The molecule has 8 heteroatoms. The molecule has 1 saturated heterocycles. The summed E-state index contributed by atoms with van der Waals surface area (Å²) in [6, 6.07) is 7.83. The minimum Gasteiger partial charge on any atom is -0.477 e. The first-order valence-electron chi connectivity index (χ1n) is 9.25. The van der Waals surface area contributed by atoms with E-state index in [2.05, 4.69) is 14.9 Å². The fourth-order valence-corrected chi connectivity index (χ4v) is 4.77. The predicted octanol–water partition coefficient (Wildman–Crippen LogP) is 4.01. The molecule has 28 heavy (non-hydrogen) atoms. The van der Waals surface area contributed by atoms with E-state index in [1.807, 2.05) is 43.0 Å². The molecule has 0 atom stereocenters. The van der Waals surface area contributed by atoms with Gasteiger partial charge in [-0.1, -0.05) is 17.7 Å². The Bertz CT molecular complexity index is 1010. The van der Waals surface area contributed by atoms with Crippen LogP contribution in [0.25, 0.3) is 10.2 Å². The molecule has 2 aromatic heterocycles. The number of carbonyl (C=O) groups excluding carboxylic acids is 1. The van der Waals surface area contributed by atoms with Crippen LogP contribution >= 0.6 is 22.9 Å². The van der Waals surface area contributed by atoms with Gasteiger partial charge >= 0.3 is 0 Å². The van der Waals surface area contributed by atoms with Crippen molar-refractivity contribution >= 4 is 44.7 Å². The quantitative estimate of drug-likeness (QED) is 0.643. The van der Waals surface area contributed by atoms with Gasteiger partial charge in [0.15, 0.2) is 0 Å². The average molecular weight is 417 g/mol. The summed E-state index contributed by atoms with van der Waals surface area (Å²) in [6.45, 7) is 7.28. The molecule has 3 heterocycles. The molecule has 1 aromatic carbocycles. The number of fused-ring (bicyclic) bond motifs is 1. The third-order valence-electron chi connectivity index (χ3n) is 4.91. The summed E-state index contributed by atoms with van der Waals surface area (Å²) in [4.78, 5) is 27.4. The van der Waals surface area contributed by atoms with Crippen molar-refractivity contribution in [2.24, 2.45) is 0 Å². The van der Waals surface area contributed by atoms with Crippen molar-refractivity contribution in [2.45, 2.75) is 13.8 Å². The molecule has 6 nitrogen and oxygen atoms in total. The van der Waals surface area contributed by atoms with Gasteiger partial charge in [-0.2, -0.15) is 0 Å². The van der Waals surface area contributed by atoms with Crippen molar-refractivity contribution < 1.29 is 9.53 Å². The van der Waals surface area contributed by atoms with Crippen molar-refractivity contribution in [2.75, 3.05) is 37.7 Å². The zero-order chi connectivity index (χ0) is 19.7. The van der Waals surface area contributed by atoms with Crippen LogP contribution in [0.4, 0.5) is 5.69 Å². The Labute approximate surface area is 172 Å². The standard InChI is InChI=1S/C20H21ClN4O2S/c1-3-27-18-16-13(2)17(28-19(16)23-12-22-18)20(26)25-9-7-24(8-10-25)15-6-4-5-14(21)11-15/h4-6,11-12H,3,7-10H2,1-2H3. The second-order valence-corrected chi connectivity index (χ2v) is 8.04. The largest absolute Gasteiger partial charge is 0.477 e. The summed E-state index contributed by atoms with van der Waals surface area (Å²) in [5.41, 5.74) is 1.99. The van der Waals surface area contributed by atoms with E-state index in [4.69, 9.17) is 16.3 Å². The maximum absolute atomic E-state index is 13.2. The number of hydrogen-bond donors (Lipinski definition) is 0. The highest BCUT2D eigenvalue weighted by molar-refractivity contribution is 7.20. The van der Waals surface area contributed by atoms with Gasteiger partial charge in [-0.25, -0.2) is 9.97 Å². The maximum Gasteiger partial charge on any atom is 0.264 e. The molecule has 0 aliphatic carbocycles. The van der Waals surface area contributed by atoms with Crippen LogP contribution in [0.2, 0.25) is 5.02 Å². The van der Waals surface area contributed by atoms with Crippen molar-refractivity contribution in [3.8, 4) is 5.88 Å². The summed E-state index contributed by atoms with van der Waals surface area (Å²) in [5, 5.41) is 1.57. The molecule has 0 spiro atoms. The van der Waals surface area contributed by atoms with Gasteiger partial charge in [-0.15, -0.1) is 11.3 Å². The molecular weight excluding hydrogens is 396 g/mol. The lowest BCUT2D eigenvalue weighted by Gasteiger charge is -2.36. The third-order valence-corrected chi connectivity index (χ3v) is 6.33. The fourth-order valence-electron chi connectivity index (χ4n) is 3.47. The number of piperazine rings is 1. The first-order valence-corrected chi connectivity index (χ1v) is 10.4. The highest BCUT2D eigenvalue weighted by atomic mass is 35.5. The molecule has 1 aliphatic heterocycles. The van der Waals surface area contributed by atoms with E-state index < -0.39 is 0 Å². The molecule has 1 amide bonds. The number of rotatable bonds is 4. The van der Waals surface area contributed by atoms with E-state index in [-0.39, 0.29) is 5.91 Å². The second kappa shape index (κ2) is 7.93. The van der Waals surface area contributed by atoms with Crippen LogP contribution in [0.3, 0.4) is 0 Å². The lowest BCUT2D eigenvalue weighted by atomic mass is 10.2. The molecular formula is C20H21ClN4O2S. The lowest BCUT2D eigenvalue weighted by molar-refractivity contribution is 0.0751. The first-order chi connectivity index (χ1) is 13.6. The van der Waals surface area contributed by atoms with Crippen LogP contribution in [-0.2, 0) is 0 Å². The molecule has 0 unspecified atom stereocenters. The first kappa shape index (κ1) is 19.0. The number of thiophene rings is 1. The van der Waals surface area contributed by atoms with E-state index in [9.17, 15) is 4.79 Å². The Morgan fingerprint density at radius 2 is 2.04 bits per heavy atom. The lowest BCUT2D eigenvalue weighted by Crippen LogP contribution is -2.48. The monoisotopic (exact) mass is 416 g/mol. The summed E-state index contributed by atoms with van der Waals surface area (Å²) < 4.78 is 5.62. The van der Waals surface area contributed by atoms with Gasteiger partial charge < -0.3 is 14.5 Å². The van der Waals surface area contributed by atoms with Gasteiger partial charge in [-0.05, 0) is 37.6 Å². The van der Waals surface area contributed by atoms with Crippen molar-refractivity contribution in [3.05, 3.63) is 46.1 Å². The average Bonchev–Trinajstić information content (AvgIpc) is 3.05. The number of aromatic nitrogens is 2. The SMILES string of the molecule is CCOc1ncnc2sc(C(=O)N3CCN(c4cccc(Cl)c4)CC3)c(C)c12. The normalized spacial score (nSPS) is 14.5. The smallest absolute Gasteiger partial charge is 0.264 e. The van der Waals surface area contributed by atoms with Crippen LogP contribution in [0, 0.1) is 6.92 Å². The van der Waals surface area contributed by atoms with Gasteiger partial charge in [0.25, 0.3) is 5.91 Å². The van der Waals surface area contributed by atoms with Gasteiger partial charge in [0.1, 0.15) is 11.2 Å². The minimum atomic E-state index is 0.0497. The molecule has 1 aliphatic rings. The Morgan fingerprint density at radius 3 is 2.75 bits per heavy atom. The molecule has 146 valence electrons. The van der Waals surface area contributed by atoms with E-state index in [0.717, 1.165) is 39.6 Å². The van der Waals surface area contributed by atoms with Crippen LogP contribution < -0.4 is 9.64 Å². The van der Waals surface area contributed by atoms with Crippen molar-refractivity contribution in [3.63, 3.8) is 0 Å². The number of benzene rings is 1. The number of anilines is 1. The number of amides is 1. The third kappa shape index (κ3) is 3.52. The number of carbonyl (C=O) groups is 1. The molecule has 0 N–H and O–H groups in total. The van der Waals surface area contributed by atoms with E-state index >= 15 is 0 Å². The Kier molecular flexibility index (Phi) is 5.37. The molecule has 0 bridgehead atoms. The Hall–Kier alpha value is -2.38. The van der Waals surface area contributed by atoms with Gasteiger partial charge in [0.05, 0.1) is 16.9 Å². The van der Waals surface area contributed by atoms with E-state index in [0.29, 0.717) is 30.5 Å². The molecule has 3 aromatic rings. The molecule has 4 rings (SSSR count). The van der Waals surface area contributed by atoms with Crippen LogP contribution in [0.15, 0.2) is 30.6 Å². The summed E-state index contributed by atoms with van der Waals surface area (Å²) in [6.07, 6.45) is 1.49. The molecule has 0 saturated carbocycles. The van der Waals surface area contributed by atoms with Gasteiger partial charge in [-0.3, -0.25) is 4.79 Å². The zero-order valence-electron chi connectivity index (χ0n) is 15.8. The number of ether oxygens (including phenoxy) is 1. The van der Waals surface area contributed by atoms with Crippen LogP contribution in [0.5, 0.6) is 5.88 Å². The van der Waals surface area contributed by atoms with E-state index in [1.165, 1.54) is 17.7 Å². The Balaban J connectivity index is 1.53. The van der Waals surface area contributed by atoms with Crippen LogP contribution in [0.1, 0.15) is 22.2 Å². The topological polar surface area (TPSA) is 58.6 Å². The van der Waals surface area contributed by atoms with Crippen molar-refractivity contribution in [1.29, 1.82) is 0 Å². The van der Waals surface area contributed by atoms with E-state index in [1.54, 1.807) is 0 Å². The minimum absolute atomic E-state index is 0.0497. The number of halogens is 1. The molecule has 0 radical (unpaired) electrons. The highest BCUT2D eigenvalue weighted by Crippen LogP contribution is 2.35. The highest BCUT2D eigenvalue weighted by Gasteiger charge is 2.27. The molecule has 1 fully saturated rings. The van der Waals surface area contributed by atoms with Gasteiger partial charge in [0.2, 0.25) is 5.88 Å². The van der Waals surface area contributed by atoms with Crippen molar-refractivity contribution in [1.82, 2.24) is 14.9 Å². The Morgan fingerprint density at radius 1 is 1.25 bits per heavy atom.